The molecule has 2 rings (SSSR count). The van der Waals surface area contributed by atoms with E-state index in [4.69, 9.17) is 21.1 Å². The highest BCUT2D eigenvalue weighted by Crippen LogP contribution is 2.19. The Bertz CT molecular complexity index is 362. The van der Waals surface area contributed by atoms with E-state index in [0.29, 0.717) is 18.4 Å². The summed E-state index contributed by atoms with van der Waals surface area (Å²) in [7, 11) is 1.37. The number of nitrogens with zero attached hydrogens (tertiary/aromatic N) is 1. The SMILES string of the molecule is COC(=O)C1NC(Cl)=CC=C1N1CCOCC1. The lowest BCUT2D eigenvalue weighted by atomic mass is 10.1. The van der Waals surface area contributed by atoms with E-state index in [0.717, 1.165) is 18.8 Å². The molecule has 6 heteroatoms. The number of methoxy groups -OCH3 is 1. The summed E-state index contributed by atoms with van der Waals surface area (Å²) in [4.78, 5) is 13.8. The molecule has 0 amide bonds. The Labute approximate surface area is 105 Å². The highest BCUT2D eigenvalue weighted by atomic mass is 35.5. The van der Waals surface area contributed by atoms with Gasteiger partial charge in [-0.2, -0.15) is 0 Å². The number of dihydropyridines is 1. The average Bonchev–Trinajstić information content (AvgIpc) is 2.38. The number of ether oxygens (including phenoxy) is 2. The minimum atomic E-state index is -0.532. The molecule has 17 heavy (non-hydrogen) atoms. The van der Waals surface area contributed by atoms with Crippen molar-refractivity contribution in [3.05, 3.63) is 23.0 Å². The molecular formula is C11H15ClN2O3. The van der Waals surface area contributed by atoms with E-state index in [-0.39, 0.29) is 5.97 Å². The van der Waals surface area contributed by atoms with E-state index < -0.39 is 6.04 Å². The molecule has 0 spiro atoms. The Balaban J connectivity index is 2.17. The fourth-order valence-electron chi connectivity index (χ4n) is 1.92. The standard InChI is InChI=1S/C11H15ClN2O3/c1-16-11(15)10-8(2-3-9(12)13-10)14-4-6-17-7-5-14/h2-3,10,13H,4-7H2,1H3. The van der Waals surface area contributed by atoms with Crippen molar-refractivity contribution in [1.29, 1.82) is 0 Å². The largest absolute Gasteiger partial charge is 0.467 e. The van der Waals surface area contributed by atoms with Crippen LogP contribution in [-0.4, -0.2) is 50.3 Å². The fraction of sp³-hybridized carbons (Fsp3) is 0.545. The van der Waals surface area contributed by atoms with Gasteiger partial charge in [-0.1, -0.05) is 11.6 Å². The fourth-order valence-corrected chi connectivity index (χ4v) is 2.09. The zero-order chi connectivity index (χ0) is 12.3. The summed E-state index contributed by atoms with van der Waals surface area (Å²) in [6.45, 7) is 2.88. The lowest BCUT2D eigenvalue weighted by Gasteiger charge is -2.35. The maximum absolute atomic E-state index is 11.7. The molecule has 2 aliphatic rings. The summed E-state index contributed by atoms with van der Waals surface area (Å²) in [5.41, 5.74) is 0.879. The molecular weight excluding hydrogens is 244 g/mol. The average molecular weight is 259 g/mol. The first kappa shape index (κ1) is 12.3. The normalized spacial score (nSPS) is 24.6. The van der Waals surface area contributed by atoms with Crippen LogP contribution in [0.1, 0.15) is 0 Å². The van der Waals surface area contributed by atoms with Gasteiger partial charge in [-0.25, -0.2) is 4.79 Å². The van der Waals surface area contributed by atoms with E-state index in [2.05, 4.69) is 10.2 Å². The summed E-state index contributed by atoms with van der Waals surface area (Å²) in [5.74, 6) is -0.339. The minimum absolute atomic E-state index is 0.339. The Morgan fingerprint density at radius 3 is 2.88 bits per heavy atom. The van der Waals surface area contributed by atoms with Crippen molar-refractivity contribution >= 4 is 17.6 Å². The molecule has 94 valence electrons. The summed E-state index contributed by atoms with van der Waals surface area (Å²) in [6.07, 6.45) is 3.59. The van der Waals surface area contributed by atoms with Gasteiger partial charge in [0.15, 0.2) is 6.04 Å². The number of hydrogen-bond acceptors (Lipinski definition) is 5. The van der Waals surface area contributed by atoms with Gasteiger partial charge in [0.2, 0.25) is 0 Å². The van der Waals surface area contributed by atoms with Crippen LogP contribution in [0.3, 0.4) is 0 Å². The first-order valence-corrected chi connectivity index (χ1v) is 5.84. The second-order valence-electron chi connectivity index (χ2n) is 3.81. The third-order valence-corrected chi connectivity index (χ3v) is 3.03. The molecule has 1 N–H and O–H groups in total. The second kappa shape index (κ2) is 5.42. The van der Waals surface area contributed by atoms with Gasteiger partial charge in [-0.05, 0) is 12.2 Å². The lowest BCUT2D eigenvalue weighted by Crippen LogP contribution is -2.48. The van der Waals surface area contributed by atoms with Gasteiger partial charge in [-0.15, -0.1) is 0 Å². The molecule has 1 fully saturated rings. The van der Waals surface area contributed by atoms with Gasteiger partial charge in [-0.3, -0.25) is 0 Å². The van der Waals surface area contributed by atoms with Crippen LogP contribution in [0, 0.1) is 0 Å². The van der Waals surface area contributed by atoms with E-state index in [1.54, 1.807) is 6.08 Å². The highest BCUT2D eigenvalue weighted by molar-refractivity contribution is 6.29. The zero-order valence-corrected chi connectivity index (χ0v) is 10.4. The third-order valence-electron chi connectivity index (χ3n) is 2.79. The molecule has 5 nitrogen and oxygen atoms in total. The van der Waals surface area contributed by atoms with Crippen LogP contribution >= 0.6 is 11.6 Å². The smallest absolute Gasteiger partial charge is 0.334 e. The maximum atomic E-state index is 11.7. The van der Waals surface area contributed by atoms with Crippen molar-refractivity contribution < 1.29 is 14.3 Å². The molecule has 0 aromatic carbocycles. The molecule has 1 saturated heterocycles. The molecule has 1 atom stereocenters. The monoisotopic (exact) mass is 258 g/mol. The number of rotatable bonds is 2. The molecule has 2 aliphatic heterocycles. The van der Waals surface area contributed by atoms with Crippen LogP contribution in [-0.2, 0) is 14.3 Å². The number of morpholine rings is 1. The number of nitrogens with one attached hydrogen (secondary N) is 1. The number of esters is 1. The number of halogens is 1. The number of allylic oxidation sites excluding steroid dienone is 2. The van der Waals surface area contributed by atoms with Gasteiger partial charge in [0.25, 0.3) is 0 Å². The van der Waals surface area contributed by atoms with Crippen LogP contribution in [0.15, 0.2) is 23.0 Å². The summed E-state index contributed by atoms with van der Waals surface area (Å²) < 4.78 is 10.1. The highest BCUT2D eigenvalue weighted by Gasteiger charge is 2.30. The Kier molecular flexibility index (Phi) is 3.91. The van der Waals surface area contributed by atoms with Crippen molar-refractivity contribution in [1.82, 2.24) is 10.2 Å². The Morgan fingerprint density at radius 2 is 2.24 bits per heavy atom. The minimum Gasteiger partial charge on any atom is -0.467 e. The van der Waals surface area contributed by atoms with Crippen molar-refractivity contribution in [3.63, 3.8) is 0 Å². The summed E-state index contributed by atoms with van der Waals surface area (Å²) in [6, 6.07) is -0.532. The van der Waals surface area contributed by atoms with Crippen LogP contribution in [0.25, 0.3) is 0 Å². The van der Waals surface area contributed by atoms with Gasteiger partial charge in [0.1, 0.15) is 5.16 Å². The van der Waals surface area contributed by atoms with Crippen molar-refractivity contribution in [2.24, 2.45) is 0 Å². The van der Waals surface area contributed by atoms with Crippen molar-refractivity contribution in [2.45, 2.75) is 6.04 Å². The maximum Gasteiger partial charge on any atom is 0.334 e. The first-order valence-electron chi connectivity index (χ1n) is 5.47. The number of carbonyl (C=O) groups excluding carboxylic acids is 1. The van der Waals surface area contributed by atoms with Gasteiger partial charge in [0, 0.05) is 18.8 Å². The molecule has 0 radical (unpaired) electrons. The molecule has 0 aromatic heterocycles. The molecule has 1 unspecified atom stereocenters. The van der Waals surface area contributed by atoms with Crippen molar-refractivity contribution in [3.8, 4) is 0 Å². The summed E-state index contributed by atoms with van der Waals surface area (Å²) >= 11 is 5.87. The van der Waals surface area contributed by atoms with E-state index in [1.807, 2.05) is 6.08 Å². The molecule has 2 heterocycles. The van der Waals surface area contributed by atoms with Gasteiger partial charge >= 0.3 is 5.97 Å². The number of hydrogen-bond donors (Lipinski definition) is 1. The van der Waals surface area contributed by atoms with E-state index in [1.165, 1.54) is 7.11 Å². The van der Waals surface area contributed by atoms with Crippen LogP contribution in [0.5, 0.6) is 0 Å². The van der Waals surface area contributed by atoms with Crippen LogP contribution in [0.4, 0.5) is 0 Å². The Morgan fingerprint density at radius 1 is 1.53 bits per heavy atom. The predicted octanol–water partition coefficient (Wildman–Crippen LogP) is 0.427. The van der Waals surface area contributed by atoms with Gasteiger partial charge < -0.3 is 19.7 Å². The lowest BCUT2D eigenvalue weighted by molar-refractivity contribution is -0.142. The zero-order valence-electron chi connectivity index (χ0n) is 9.61. The molecule has 0 bridgehead atoms. The third kappa shape index (κ3) is 2.73. The second-order valence-corrected chi connectivity index (χ2v) is 4.21. The predicted molar refractivity (Wildman–Crippen MR) is 63.4 cm³/mol. The topological polar surface area (TPSA) is 50.8 Å². The molecule has 0 aromatic rings. The number of carbonyl (C=O) groups is 1. The first-order chi connectivity index (χ1) is 8.22. The molecule has 0 aliphatic carbocycles. The van der Waals surface area contributed by atoms with Gasteiger partial charge in [0.05, 0.1) is 20.3 Å². The van der Waals surface area contributed by atoms with E-state index in [9.17, 15) is 4.79 Å². The van der Waals surface area contributed by atoms with Crippen LogP contribution in [0.2, 0.25) is 0 Å². The Hall–Kier alpha value is -1.20. The molecule has 0 saturated carbocycles. The van der Waals surface area contributed by atoms with Crippen LogP contribution < -0.4 is 5.32 Å². The summed E-state index contributed by atoms with van der Waals surface area (Å²) in [5, 5.41) is 3.36. The quantitative estimate of drug-likeness (QED) is 0.575. The van der Waals surface area contributed by atoms with E-state index >= 15 is 0 Å². The van der Waals surface area contributed by atoms with Crippen molar-refractivity contribution in [2.75, 3.05) is 33.4 Å².